The Kier molecular flexibility index (Phi) is 29.4. The number of aryl methyl sites for hydroxylation is 2. The van der Waals surface area contributed by atoms with Gasteiger partial charge in [0.25, 0.3) is 0 Å². The van der Waals surface area contributed by atoms with Crippen LogP contribution in [0.2, 0.25) is 36.9 Å². The van der Waals surface area contributed by atoms with Crippen LogP contribution in [-0.4, -0.2) is 51.2 Å². The van der Waals surface area contributed by atoms with Gasteiger partial charge >= 0.3 is 110 Å². The first kappa shape index (κ1) is 89.1. The average molecular weight is 2400 g/mol. The normalized spacial score (nSPS) is 12.4. The Bertz CT molecular complexity index is 7950. The van der Waals surface area contributed by atoms with Gasteiger partial charge in [0.1, 0.15) is 16.7 Å². The second kappa shape index (κ2) is 45.2. The van der Waals surface area contributed by atoms with Gasteiger partial charge in [-0.25, -0.2) is 0 Å². The average Bonchev–Trinajstić information content (AvgIpc) is 1.59. The molecule has 0 unspecified atom stereocenters. The maximum atomic E-state index is 8.60. The number of para-hydroxylation sites is 1. The SMILES string of the molecule is CC(C)(c1ccccc1)c1c[c-]c(-c2ccccn2)c2oc3ccccc3c12.CC(C)(c1ccccc1)c1ccc2oc3c(-c4ccccn4)[c-]ccc3c2c1.C[Si](C)(C)c1ccc(-c2[c-]cccc2)nc1.[2H]C([2H])([2H])c1c[c-]c(-c2cc[c]([Ge]([CH3])([CH3])[CH3])cn2)cc1.[2H]C([2H])([2H])c1cnc(-c2[c-]cccc2)cc1-c1ccccc1.[2H]C([2H])(c1ccccc1)c1ccc2c(c1)oc1c(-c3ccccn3)[c-]ccc12.[Ir].[Ir].[Ir]. The molecule has 9 nitrogen and oxygen atoms in total. The van der Waals surface area contributed by atoms with E-state index in [1.54, 1.807) is 48.9 Å². The number of aromatic nitrogens is 6. The van der Waals surface area contributed by atoms with Crippen LogP contribution in [0.5, 0.6) is 0 Å². The molecule has 0 N–H and O–H groups in total. The van der Waals surface area contributed by atoms with Crippen LogP contribution in [0, 0.1) is 50.1 Å². The number of nitrogens with zero attached hydrogens (tertiary/aromatic N) is 6. The Balaban J connectivity index is 0.000000139. The zero-order valence-electron chi connectivity index (χ0n) is 85.5. The molecule has 13 aromatic carbocycles. The third-order valence-electron chi connectivity index (χ3n) is 23.8. The van der Waals surface area contributed by atoms with E-state index in [1.807, 2.05) is 219 Å². The Morgan fingerprint density at radius 3 is 1.41 bits per heavy atom. The van der Waals surface area contributed by atoms with E-state index < -0.39 is 41.4 Å². The molecular formula is C123H104GeIr3N6O3Si-6. The third-order valence-corrected chi connectivity index (χ3v) is 30.1. The summed E-state index contributed by atoms with van der Waals surface area (Å²) < 4.78 is 82.5. The fraction of sp³-hybridized carbons (Fsp3) is 0.122. The smallest absolute Gasteiger partial charge is 0.121 e. The molecule has 0 bridgehead atoms. The molecule has 0 fully saturated rings. The summed E-state index contributed by atoms with van der Waals surface area (Å²) in [5, 5.41) is 7.82. The van der Waals surface area contributed by atoms with E-state index in [1.165, 1.54) is 44.1 Å². The van der Waals surface area contributed by atoms with Gasteiger partial charge in [0.05, 0.1) is 24.8 Å². The standard InChI is InChI=1S/2C26H20NO.C24H16NO.C18H14N.C15H18GeN.C14H16NSi.3Ir/c1-26(2,18-10-4-3-5-11-18)21-16-15-19(22-13-8-9-17-27-22)25-24(21)20-12-6-7-14-23(20)28-25;1-26(2,18-9-4-3-5-10-18)19-14-15-24-22(17-19)20-11-8-12-21(25(20)28-24)23-13-6-7-16-27-23;1-2-7-17(8-3-1)15-18-12-13-19-20-9-6-10-21(22-11-4-5-14-25-22)24(20)26-23(19)16-18;1-14-13-19-18(16-10-6-3-7-11-16)12-17(14)15-8-4-2-5-9-15;1-12-5-7-13(8-6-12)15-10-9-14(11-17-15)16(2,3)4;1-16(2,3)13-9-10-14(15-11-13)12-7-5-4-6-8-12;;;/h3-14,16-17H,1-2H3;3-11,13-17H,1-2H3;1-9,11-14,16H,15H2;2-10,12-13H,1H3;5-7,9-11H,1-4H3;4-7,9-11H,1-3H3;;;/q6*-1;;;/i;;15D2;2*1D3;;;;. The van der Waals surface area contributed by atoms with Crippen molar-refractivity contribution in [2.75, 3.05) is 0 Å². The monoisotopic (exact) mass is 2400 g/mol. The van der Waals surface area contributed by atoms with Crippen LogP contribution in [0.25, 0.3) is 144 Å². The second-order valence-electron chi connectivity index (χ2n) is 35.7. The van der Waals surface area contributed by atoms with E-state index in [9.17, 15) is 0 Å². The van der Waals surface area contributed by atoms with E-state index in [2.05, 4.69) is 252 Å². The summed E-state index contributed by atoms with van der Waals surface area (Å²) in [5.74, 6) is 6.98. The summed E-state index contributed by atoms with van der Waals surface area (Å²) in [6, 6.07) is 138. The maximum absolute atomic E-state index is 8.60. The number of furan rings is 3. The summed E-state index contributed by atoms with van der Waals surface area (Å²) in [6.07, 6.45) is 9.15. The number of hydrogen-bond acceptors (Lipinski definition) is 9. The molecule has 9 aromatic heterocycles. The quantitative estimate of drug-likeness (QED) is 0.0730. The second-order valence-corrected chi connectivity index (χ2v) is 51.4. The summed E-state index contributed by atoms with van der Waals surface area (Å²) in [5.41, 5.74) is 23.3. The molecule has 0 aliphatic rings. The zero-order valence-corrected chi connectivity index (χ0v) is 87.8. The van der Waals surface area contributed by atoms with Gasteiger partial charge in [-0.15, -0.1) is 126 Å². The van der Waals surface area contributed by atoms with Gasteiger partial charge in [-0.1, -0.05) is 293 Å². The molecule has 0 atom stereocenters. The number of benzene rings is 13. The van der Waals surface area contributed by atoms with Crippen molar-refractivity contribution in [1.82, 2.24) is 29.9 Å². The molecule has 0 spiro atoms. The van der Waals surface area contributed by atoms with Crippen LogP contribution in [0.15, 0.2) is 414 Å². The van der Waals surface area contributed by atoms with Gasteiger partial charge in [-0.3, -0.25) is 0 Å². The van der Waals surface area contributed by atoms with Gasteiger partial charge < -0.3 is 38.2 Å². The van der Waals surface area contributed by atoms with Crippen LogP contribution in [0.1, 0.15) is 83.2 Å². The van der Waals surface area contributed by atoms with Gasteiger partial charge in [0.15, 0.2) is 0 Å². The predicted octanol–water partition coefficient (Wildman–Crippen LogP) is 30.6. The number of rotatable bonds is 15. The largest absolute Gasteiger partial charge is 0.501 e. The van der Waals surface area contributed by atoms with Crippen molar-refractivity contribution in [1.29, 1.82) is 0 Å². The molecule has 3 radical (unpaired) electrons. The van der Waals surface area contributed by atoms with Crippen molar-refractivity contribution in [3.63, 3.8) is 0 Å². The number of pyridine rings is 6. The van der Waals surface area contributed by atoms with Gasteiger partial charge in [0, 0.05) is 120 Å². The summed E-state index contributed by atoms with van der Waals surface area (Å²) in [4.78, 5) is 26.7. The minimum absolute atomic E-state index is 0. The molecule has 14 heteroatoms. The molecule has 0 aliphatic carbocycles. The molecule has 0 saturated heterocycles. The van der Waals surface area contributed by atoms with Crippen molar-refractivity contribution in [2.24, 2.45) is 0 Å². The molecule has 685 valence electrons. The molecular weight excluding hydrogens is 2290 g/mol. The first-order valence-corrected chi connectivity index (χ1v) is 55.6. The molecule has 0 saturated carbocycles. The topological polar surface area (TPSA) is 117 Å². The minimum Gasteiger partial charge on any atom is -0.501 e. The van der Waals surface area contributed by atoms with Gasteiger partial charge in [-0.05, 0) is 139 Å². The molecule has 0 amide bonds. The van der Waals surface area contributed by atoms with Crippen molar-refractivity contribution in [3.8, 4) is 78.7 Å². The van der Waals surface area contributed by atoms with Gasteiger partial charge in [0.2, 0.25) is 0 Å². The fourth-order valence-electron chi connectivity index (χ4n) is 16.2. The van der Waals surface area contributed by atoms with E-state index in [-0.39, 0.29) is 76.7 Å². The predicted molar refractivity (Wildman–Crippen MR) is 560 cm³/mol. The molecule has 22 rings (SSSR count). The van der Waals surface area contributed by atoms with Crippen LogP contribution < -0.4 is 9.58 Å². The van der Waals surface area contributed by atoms with Crippen molar-refractivity contribution in [3.05, 3.63) is 482 Å². The zero-order chi connectivity index (χ0) is 99.6. The van der Waals surface area contributed by atoms with Crippen molar-refractivity contribution in [2.45, 2.75) is 95.5 Å². The van der Waals surface area contributed by atoms with Crippen molar-refractivity contribution < 1.29 is 84.5 Å². The number of fused-ring (bicyclic) bond motifs is 9. The van der Waals surface area contributed by atoms with Crippen molar-refractivity contribution >= 4 is 96.7 Å². The van der Waals surface area contributed by atoms with E-state index >= 15 is 0 Å². The van der Waals surface area contributed by atoms with Crippen LogP contribution in [0.4, 0.5) is 0 Å². The van der Waals surface area contributed by atoms with Crippen LogP contribution >= 0.6 is 0 Å². The first-order valence-electron chi connectivity index (χ1n) is 48.7. The first-order chi connectivity index (χ1) is 68.2. The number of hydrogen-bond donors (Lipinski definition) is 0. The molecule has 9 heterocycles. The van der Waals surface area contributed by atoms with Crippen LogP contribution in [-0.2, 0) is 77.5 Å². The Morgan fingerprint density at radius 2 is 0.869 bits per heavy atom. The summed E-state index contributed by atoms with van der Waals surface area (Å²) >= 11 is -1.83. The minimum atomic E-state index is -2.20. The molecule has 0 aliphatic heterocycles. The molecule has 22 aromatic rings. The Hall–Kier alpha value is -13.1. The summed E-state index contributed by atoms with van der Waals surface area (Å²) in [7, 11) is -1.23. The Morgan fingerprint density at radius 1 is 0.350 bits per heavy atom. The molecule has 137 heavy (non-hydrogen) atoms. The Labute approximate surface area is 860 Å². The van der Waals surface area contributed by atoms with E-state index in [0.717, 1.165) is 122 Å². The fourth-order valence-corrected chi connectivity index (χ4v) is 19.4. The maximum Gasteiger partial charge on any atom is 0.121 e. The summed E-state index contributed by atoms with van der Waals surface area (Å²) in [6.45, 7) is 11.8. The van der Waals surface area contributed by atoms with Gasteiger partial charge in [-0.2, -0.15) is 0 Å². The van der Waals surface area contributed by atoms with Crippen LogP contribution in [0.3, 0.4) is 0 Å². The third kappa shape index (κ3) is 23.6. The van der Waals surface area contributed by atoms with E-state index in [4.69, 9.17) is 24.2 Å². The van der Waals surface area contributed by atoms with E-state index in [0.29, 0.717) is 39.1 Å².